The predicted molar refractivity (Wildman–Crippen MR) is 94.6 cm³/mol. The molecule has 3 N–H and O–H groups in total. The summed E-state index contributed by atoms with van der Waals surface area (Å²) >= 11 is 0. The van der Waals surface area contributed by atoms with E-state index < -0.39 is 0 Å². The first-order valence-corrected chi connectivity index (χ1v) is 7.77. The molecule has 0 saturated carbocycles. The van der Waals surface area contributed by atoms with E-state index in [1.165, 1.54) is 6.20 Å². The third kappa shape index (κ3) is 3.20. The molecule has 7 heteroatoms. The van der Waals surface area contributed by atoms with E-state index in [1.807, 2.05) is 30.3 Å². The molecule has 4 aromatic rings. The second kappa shape index (κ2) is 6.12. The quantitative estimate of drug-likeness (QED) is 0.535. The monoisotopic (exact) mass is 333 g/mol. The number of anilines is 1. The van der Waals surface area contributed by atoms with Gasteiger partial charge in [0.1, 0.15) is 0 Å². The van der Waals surface area contributed by atoms with Crippen LogP contribution in [0.15, 0.2) is 65.7 Å². The summed E-state index contributed by atoms with van der Waals surface area (Å²) in [6.07, 6.45) is 3.24. The molecule has 0 bridgehead atoms. The number of carbonyl (C=O) groups excluding carboxylic acids is 1. The maximum atomic E-state index is 12.4. The van der Waals surface area contributed by atoms with Crippen LogP contribution in [0.4, 0.5) is 5.69 Å². The lowest BCUT2D eigenvalue weighted by molar-refractivity contribution is 0.102. The number of aromatic amines is 2. The summed E-state index contributed by atoms with van der Waals surface area (Å²) in [5.41, 5.74) is 3.24. The number of benzene rings is 2. The van der Waals surface area contributed by atoms with Gasteiger partial charge in [-0.05, 0) is 23.8 Å². The lowest BCUT2D eigenvalue weighted by Crippen LogP contribution is -2.11. The fourth-order valence-corrected chi connectivity index (χ4v) is 2.65. The van der Waals surface area contributed by atoms with E-state index in [0.717, 1.165) is 5.56 Å². The van der Waals surface area contributed by atoms with Crippen LogP contribution in [0.1, 0.15) is 15.9 Å². The number of amides is 1. The van der Waals surface area contributed by atoms with Gasteiger partial charge in [0, 0.05) is 11.9 Å². The first-order valence-electron chi connectivity index (χ1n) is 7.77. The lowest BCUT2D eigenvalue weighted by Gasteiger charge is -2.03. The van der Waals surface area contributed by atoms with Crippen molar-refractivity contribution in [2.45, 2.75) is 6.54 Å². The summed E-state index contributed by atoms with van der Waals surface area (Å²) in [5.74, 6) is -0.253. The van der Waals surface area contributed by atoms with Gasteiger partial charge >= 0.3 is 5.69 Å². The average molecular weight is 333 g/mol. The summed E-state index contributed by atoms with van der Waals surface area (Å²) < 4.78 is 1.72. The Morgan fingerprint density at radius 2 is 1.88 bits per heavy atom. The van der Waals surface area contributed by atoms with Crippen LogP contribution in [0.3, 0.4) is 0 Å². The Labute approximate surface area is 142 Å². The number of nitrogens with zero attached hydrogens (tertiary/aromatic N) is 2. The van der Waals surface area contributed by atoms with Gasteiger partial charge in [0.25, 0.3) is 5.91 Å². The molecule has 0 unspecified atom stereocenters. The molecule has 0 saturated heterocycles. The van der Waals surface area contributed by atoms with Crippen molar-refractivity contribution in [3.63, 3.8) is 0 Å². The standard InChI is InChI=1S/C18H15N5O2/c24-17(20-14-6-7-15-16(8-14)22-18(25)21-15)13-9-19-23(11-13)10-12-4-2-1-3-5-12/h1-9,11H,10H2,(H,20,24)(H2,21,22,25). The number of rotatable bonds is 4. The molecular formula is C18H15N5O2. The van der Waals surface area contributed by atoms with Gasteiger partial charge in [-0.3, -0.25) is 9.48 Å². The highest BCUT2D eigenvalue weighted by molar-refractivity contribution is 6.04. The van der Waals surface area contributed by atoms with Crippen molar-refractivity contribution in [1.82, 2.24) is 19.7 Å². The number of fused-ring (bicyclic) bond motifs is 1. The predicted octanol–water partition coefficient (Wildman–Crippen LogP) is 2.35. The van der Waals surface area contributed by atoms with Crippen molar-refractivity contribution < 1.29 is 4.79 Å². The second-order valence-corrected chi connectivity index (χ2v) is 5.71. The lowest BCUT2D eigenvalue weighted by atomic mass is 10.2. The minimum atomic E-state index is -0.277. The van der Waals surface area contributed by atoms with Crippen molar-refractivity contribution in [2.24, 2.45) is 0 Å². The van der Waals surface area contributed by atoms with Crippen LogP contribution in [-0.2, 0) is 6.54 Å². The molecule has 1 amide bonds. The number of H-pyrrole nitrogens is 2. The molecule has 7 nitrogen and oxygen atoms in total. The Kier molecular flexibility index (Phi) is 3.66. The fourth-order valence-electron chi connectivity index (χ4n) is 2.65. The van der Waals surface area contributed by atoms with E-state index in [2.05, 4.69) is 20.4 Å². The Hall–Kier alpha value is -3.61. The van der Waals surface area contributed by atoms with Gasteiger partial charge in [-0.15, -0.1) is 0 Å². The third-order valence-electron chi connectivity index (χ3n) is 3.86. The Morgan fingerprint density at radius 3 is 2.72 bits per heavy atom. The van der Waals surface area contributed by atoms with Crippen LogP contribution in [0, 0.1) is 0 Å². The zero-order valence-corrected chi connectivity index (χ0v) is 13.2. The molecule has 0 spiro atoms. The summed E-state index contributed by atoms with van der Waals surface area (Å²) in [5, 5.41) is 7.04. The van der Waals surface area contributed by atoms with Crippen molar-refractivity contribution in [3.8, 4) is 0 Å². The average Bonchev–Trinajstić information content (AvgIpc) is 3.21. The summed E-state index contributed by atoms with van der Waals surface area (Å²) in [7, 11) is 0. The van der Waals surface area contributed by atoms with Gasteiger partial charge in [0.2, 0.25) is 0 Å². The largest absolute Gasteiger partial charge is 0.323 e. The molecule has 0 atom stereocenters. The first-order chi connectivity index (χ1) is 12.2. The van der Waals surface area contributed by atoms with Gasteiger partial charge < -0.3 is 15.3 Å². The van der Waals surface area contributed by atoms with E-state index in [9.17, 15) is 9.59 Å². The van der Waals surface area contributed by atoms with Crippen LogP contribution in [-0.4, -0.2) is 25.7 Å². The molecule has 2 heterocycles. The summed E-state index contributed by atoms with van der Waals surface area (Å²) in [6.45, 7) is 0.602. The Bertz CT molecular complexity index is 1090. The van der Waals surface area contributed by atoms with Gasteiger partial charge in [0.15, 0.2) is 0 Å². The topological polar surface area (TPSA) is 95.6 Å². The van der Waals surface area contributed by atoms with Crippen LogP contribution in [0.25, 0.3) is 11.0 Å². The van der Waals surface area contributed by atoms with Crippen molar-refractivity contribution in [3.05, 3.63) is 82.5 Å². The number of nitrogens with one attached hydrogen (secondary N) is 3. The number of imidazole rings is 1. The molecule has 124 valence electrons. The molecule has 0 fully saturated rings. The minimum absolute atomic E-state index is 0.253. The van der Waals surface area contributed by atoms with Gasteiger partial charge in [-0.2, -0.15) is 5.10 Å². The maximum absolute atomic E-state index is 12.4. The van der Waals surface area contributed by atoms with Crippen molar-refractivity contribution in [1.29, 1.82) is 0 Å². The zero-order valence-electron chi connectivity index (χ0n) is 13.2. The molecular weight excluding hydrogens is 318 g/mol. The normalized spacial score (nSPS) is 10.9. The molecule has 0 radical (unpaired) electrons. The summed E-state index contributed by atoms with van der Waals surface area (Å²) in [4.78, 5) is 29.0. The van der Waals surface area contributed by atoms with E-state index >= 15 is 0 Å². The number of carbonyl (C=O) groups is 1. The van der Waals surface area contributed by atoms with Crippen molar-refractivity contribution >= 4 is 22.6 Å². The van der Waals surface area contributed by atoms with Crippen LogP contribution in [0.2, 0.25) is 0 Å². The number of aromatic nitrogens is 4. The maximum Gasteiger partial charge on any atom is 0.323 e. The molecule has 0 aliphatic carbocycles. The zero-order chi connectivity index (χ0) is 17.2. The molecule has 0 aliphatic rings. The van der Waals surface area contributed by atoms with E-state index in [0.29, 0.717) is 28.8 Å². The molecule has 25 heavy (non-hydrogen) atoms. The van der Waals surface area contributed by atoms with Crippen LogP contribution < -0.4 is 11.0 Å². The smallest absolute Gasteiger partial charge is 0.322 e. The number of hydrogen-bond donors (Lipinski definition) is 3. The molecule has 2 aromatic heterocycles. The minimum Gasteiger partial charge on any atom is -0.322 e. The Balaban J connectivity index is 1.49. The van der Waals surface area contributed by atoms with Crippen LogP contribution >= 0.6 is 0 Å². The van der Waals surface area contributed by atoms with Crippen molar-refractivity contribution in [2.75, 3.05) is 5.32 Å². The first kappa shape index (κ1) is 14.9. The molecule has 4 rings (SSSR count). The summed E-state index contributed by atoms with van der Waals surface area (Å²) in [6, 6.07) is 15.1. The van der Waals surface area contributed by atoms with E-state index in [-0.39, 0.29) is 11.6 Å². The second-order valence-electron chi connectivity index (χ2n) is 5.71. The van der Waals surface area contributed by atoms with Crippen LogP contribution in [0.5, 0.6) is 0 Å². The highest BCUT2D eigenvalue weighted by Crippen LogP contribution is 2.15. The fraction of sp³-hybridized carbons (Fsp3) is 0.0556. The molecule has 2 aromatic carbocycles. The van der Waals surface area contributed by atoms with E-state index in [4.69, 9.17) is 0 Å². The number of hydrogen-bond acceptors (Lipinski definition) is 3. The highest BCUT2D eigenvalue weighted by Gasteiger charge is 2.10. The molecule has 0 aliphatic heterocycles. The van der Waals surface area contributed by atoms with Gasteiger partial charge in [-0.1, -0.05) is 30.3 Å². The van der Waals surface area contributed by atoms with Gasteiger partial charge in [0.05, 0.1) is 29.3 Å². The van der Waals surface area contributed by atoms with Gasteiger partial charge in [-0.25, -0.2) is 4.79 Å². The Morgan fingerprint density at radius 1 is 1.08 bits per heavy atom. The third-order valence-corrected chi connectivity index (χ3v) is 3.86. The SMILES string of the molecule is O=C(Nc1ccc2[nH]c(=O)[nH]c2c1)c1cnn(Cc2ccccc2)c1. The van der Waals surface area contributed by atoms with E-state index in [1.54, 1.807) is 29.1 Å². The highest BCUT2D eigenvalue weighted by atomic mass is 16.2.